The van der Waals surface area contributed by atoms with Gasteiger partial charge >= 0.3 is 11.9 Å². The Kier molecular flexibility index (Phi) is 8.36. The Morgan fingerprint density at radius 3 is 2.37 bits per heavy atom. The lowest BCUT2D eigenvalue weighted by Crippen LogP contribution is -2.39. The topological polar surface area (TPSA) is 121 Å². The van der Waals surface area contributed by atoms with E-state index in [9.17, 15) is 19.5 Å². The van der Waals surface area contributed by atoms with E-state index in [1.165, 1.54) is 29.2 Å². The highest BCUT2D eigenvalue weighted by Gasteiger charge is 2.31. The van der Waals surface area contributed by atoms with E-state index >= 15 is 0 Å². The third kappa shape index (κ3) is 5.51. The number of methoxy groups -OCH3 is 1. The summed E-state index contributed by atoms with van der Waals surface area (Å²) in [6, 6.07) is 13.2. The molecule has 4 aromatic rings. The zero-order valence-corrected chi connectivity index (χ0v) is 25.2. The average molecular weight is 602 g/mol. The van der Waals surface area contributed by atoms with Crippen molar-refractivity contribution in [3.63, 3.8) is 0 Å². The predicted octanol–water partition coefficient (Wildman–Crippen LogP) is 3.92. The Labute approximate surface area is 251 Å². The second-order valence-corrected chi connectivity index (χ2v) is 10.8. The summed E-state index contributed by atoms with van der Waals surface area (Å²) in [7, 11) is 1.29. The summed E-state index contributed by atoms with van der Waals surface area (Å²) in [5.74, 6) is -0.505. The first-order valence-electron chi connectivity index (χ1n) is 13.7. The zero-order chi connectivity index (χ0) is 30.8. The van der Waals surface area contributed by atoms with E-state index in [1.54, 1.807) is 42.5 Å². The van der Waals surface area contributed by atoms with E-state index < -0.39 is 18.0 Å². The van der Waals surface area contributed by atoms with Crippen molar-refractivity contribution in [1.82, 2.24) is 9.13 Å². The number of carboxylic acid groups (broad SMARTS) is 1. The van der Waals surface area contributed by atoms with Gasteiger partial charge in [-0.2, -0.15) is 0 Å². The standard InChI is InChI=1S/C32H31N3O7S/c1-6-41-25-13-10-21(15-26(25)42-7-2)28-24(31(39)40-5)17-33-32-35(28)29(36)27(43-32)16-22-14-18(3)34(19(22)4)23-11-8-20(9-12-23)30(37)38/h8-17,28H,6-7H2,1-5H3,(H,37,38)/b27-16-/t28-/m0/s1. The van der Waals surface area contributed by atoms with Crippen molar-refractivity contribution >= 4 is 29.4 Å². The maximum absolute atomic E-state index is 14.0. The second kappa shape index (κ2) is 12.1. The van der Waals surface area contributed by atoms with Crippen LogP contribution in [0.5, 0.6) is 11.5 Å². The smallest absolute Gasteiger partial charge is 0.337 e. The molecule has 0 amide bonds. The quantitative estimate of drug-likeness (QED) is 0.289. The van der Waals surface area contributed by atoms with Crippen LogP contribution < -0.4 is 24.4 Å². The lowest BCUT2D eigenvalue weighted by atomic mass is 9.97. The van der Waals surface area contributed by atoms with Crippen LogP contribution in [0.3, 0.4) is 0 Å². The maximum atomic E-state index is 14.0. The van der Waals surface area contributed by atoms with Crippen LogP contribution in [-0.2, 0) is 9.53 Å². The fraction of sp³-hybridized carbons (Fsp3) is 0.250. The van der Waals surface area contributed by atoms with Gasteiger partial charge in [0.2, 0.25) is 0 Å². The van der Waals surface area contributed by atoms with Gasteiger partial charge in [-0.1, -0.05) is 17.4 Å². The van der Waals surface area contributed by atoms with Gasteiger partial charge in [0.25, 0.3) is 5.56 Å². The molecule has 0 fully saturated rings. The second-order valence-electron chi connectivity index (χ2n) is 9.76. The number of aromatic nitrogens is 2. The highest BCUT2D eigenvalue weighted by molar-refractivity contribution is 7.07. The van der Waals surface area contributed by atoms with Crippen molar-refractivity contribution < 1.29 is 28.9 Å². The summed E-state index contributed by atoms with van der Waals surface area (Å²) in [4.78, 5) is 43.0. The van der Waals surface area contributed by atoms with Gasteiger partial charge in [0, 0.05) is 23.3 Å². The van der Waals surface area contributed by atoms with Gasteiger partial charge in [-0.05, 0) is 87.4 Å². The van der Waals surface area contributed by atoms with E-state index in [-0.39, 0.29) is 16.7 Å². The molecule has 0 spiro atoms. The largest absolute Gasteiger partial charge is 0.490 e. The fourth-order valence-electron chi connectivity index (χ4n) is 5.21. The number of thiazole rings is 1. The number of hydrogen-bond acceptors (Lipinski definition) is 8. The van der Waals surface area contributed by atoms with Crippen molar-refractivity contribution in [2.24, 2.45) is 4.99 Å². The summed E-state index contributed by atoms with van der Waals surface area (Å²) < 4.78 is 20.5. The Balaban J connectivity index is 1.63. The third-order valence-corrected chi connectivity index (χ3v) is 8.13. The highest BCUT2D eigenvalue weighted by Crippen LogP contribution is 2.35. The average Bonchev–Trinajstić information content (AvgIpc) is 3.47. The van der Waals surface area contributed by atoms with Crippen molar-refractivity contribution in [3.8, 4) is 17.2 Å². The van der Waals surface area contributed by atoms with Crippen molar-refractivity contribution in [2.75, 3.05) is 20.3 Å². The molecule has 1 aliphatic rings. The van der Waals surface area contributed by atoms with E-state index in [1.807, 2.05) is 44.4 Å². The number of aryl methyl sites for hydroxylation is 1. The minimum absolute atomic E-state index is 0.203. The van der Waals surface area contributed by atoms with Crippen LogP contribution >= 0.6 is 11.3 Å². The van der Waals surface area contributed by atoms with Crippen LogP contribution in [0.25, 0.3) is 11.8 Å². The molecule has 0 radical (unpaired) electrons. The molecule has 0 unspecified atom stereocenters. The van der Waals surface area contributed by atoms with Crippen LogP contribution in [0.1, 0.15) is 52.8 Å². The monoisotopic (exact) mass is 601 g/mol. The van der Waals surface area contributed by atoms with Gasteiger partial charge in [-0.3, -0.25) is 9.36 Å². The molecule has 11 heteroatoms. The first-order chi connectivity index (χ1) is 20.7. The van der Waals surface area contributed by atoms with Gasteiger partial charge < -0.3 is 23.9 Å². The number of fused-ring (bicyclic) bond motifs is 1. The van der Waals surface area contributed by atoms with E-state index in [4.69, 9.17) is 14.2 Å². The van der Waals surface area contributed by atoms with Gasteiger partial charge in [0.1, 0.15) is 0 Å². The molecule has 0 bridgehead atoms. The summed E-state index contributed by atoms with van der Waals surface area (Å²) in [6.07, 6.45) is 3.27. The molecule has 0 saturated carbocycles. The van der Waals surface area contributed by atoms with Gasteiger partial charge in [0.05, 0.1) is 42.0 Å². The van der Waals surface area contributed by atoms with E-state index in [0.717, 1.165) is 22.6 Å². The van der Waals surface area contributed by atoms with Crippen LogP contribution in [0, 0.1) is 13.8 Å². The van der Waals surface area contributed by atoms with Crippen molar-refractivity contribution in [1.29, 1.82) is 0 Å². The third-order valence-electron chi connectivity index (χ3n) is 7.14. The lowest BCUT2D eigenvalue weighted by Gasteiger charge is -2.23. The fourth-order valence-corrected chi connectivity index (χ4v) is 6.17. The SMILES string of the molecule is CCOc1ccc([C@H]2C(C(=O)OC)=CN=c3s/c(=C\c4cc(C)n(-c5ccc(C(=O)O)cc5)c4C)c(=O)n32)cc1OCC. The van der Waals surface area contributed by atoms with Gasteiger partial charge in [-0.15, -0.1) is 0 Å². The summed E-state index contributed by atoms with van der Waals surface area (Å²) in [6.45, 7) is 8.50. The molecule has 2 aromatic carbocycles. The molecule has 222 valence electrons. The number of nitrogens with zero attached hydrogens (tertiary/aromatic N) is 3. The number of hydrogen-bond donors (Lipinski definition) is 1. The first kappa shape index (κ1) is 29.6. The number of carbonyl (C=O) groups excluding carboxylic acids is 1. The molecule has 5 rings (SSSR count). The Bertz CT molecular complexity index is 1930. The predicted molar refractivity (Wildman–Crippen MR) is 162 cm³/mol. The van der Waals surface area contributed by atoms with Gasteiger partial charge in [0.15, 0.2) is 16.3 Å². The summed E-state index contributed by atoms with van der Waals surface area (Å²) in [5.41, 5.74) is 4.21. The number of aromatic carboxylic acids is 1. The molecule has 10 nitrogen and oxygen atoms in total. The van der Waals surface area contributed by atoms with Crippen molar-refractivity contribution in [2.45, 2.75) is 33.7 Å². The Hall–Kier alpha value is -4.90. The zero-order valence-electron chi connectivity index (χ0n) is 24.4. The highest BCUT2D eigenvalue weighted by atomic mass is 32.1. The maximum Gasteiger partial charge on any atom is 0.337 e. The molecular formula is C32H31N3O7S. The first-order valence-corrected chi connectivity index (χ1v) is 14.5. The molecule has 0 aliphatic carbocycles. The Morgan fingerprint density at radius 1 is 1.02 bits per heavy atom. The number of carboxylic acids is 1. The van der Waals surface area contributed by atoms with Gasteiger partial charge in [-0.25, -0.2) is 14.6 Å². The molecule has 1 atom stereocenters. The molecular weight excluding hydrogens is 570 g/mol. The summed E-state index contributed by atoms with van der Waals surface area (Å²) in [5, 5.41) is 9.25. The molecule has 43 heavy (non-hydrogen) atoms. The number of ether oxygens (including phenoxy) is 3. The van der Waals surface area contributed by atoms with Crippen LogP contribution in [0.2, 0.25) is 0 Å². The minimum atomic E-state index is -0.989. The summed E-state index contributed by atoms with van der Waals surface area (Å²) >= 11 is 1.23. The minimum Gasteiger partial charge on any atom is -0.490 e. The number of carbonyl (C=O) groups is 2. The molecule has 1 N–H and O–H groups in total. The molecule has 3 heterocycles. The normalized spacial score (nSPS) is 14.5. The van der Waals surface area contributed by atoms with Crippen LogP contribution in [0.4, 0.5) is 0 Å². The number of benzene rings is 2. The number of esters is 1. The lowest BCUT2D eigenvalue weighted by molar-refractivity contribution is -0.136. The number of rotatable bonds is 9. The van der Waals surface area contributed by atoms with E-state index in [2.05, 4.69) is 4.99 Å². The molecule has 1 aliphatic heterocycles. The van der Waals surface area contributed by atoms with Crippen molar-refractivity contribution in [3.05, 3.63) is 108 Å². The van der Waals surface area contributed by atoms with Crippen LogP contribution in [-0.4, -0.2) is 46.5 Å². The molecule has 2 aromatic heterocycles. The van der Waals surface area contributed by atoms with E-state index in [0.29, 0.717) is 39.6 Å². The Morgan fingerprint density at radius 2 is 1.72 bits per heavy atom. The molecule has 0 saturated heterocycles. The van der Waals surface area contributed by atoms with Crippen LogP contribution in [0.15, 0.2) is 70.1 Å².